The molecule has 3 heterocycles. The standard InChI is InChI=1S/C24H26FN7O2/c1-30-8-10-32(11-9-30)16-5-6-18(21(13-16)34-3)28-24-26-14-19-22(29-24)31(2)20-7-4-15(25)12-17(20)23(33)27-19/h4-7,12-14H,8-11H2,1-3H3,(H,27,33)(H,26,28,29). The smallest absolute Gasteiger partial charge is 0.258 e. The summed E-state index contributed by atoms with van der Waals surface area (Å²) in [6, 6.07) is 10.1. The Labute approximate surface area is 197 Å². The number of hydrogen-bond donors (Lipinski definition) is 2. The van der Waals surface area contributed by atoms with Gasteiger partial charge in [0.2, 0.25) is 5.95 Å². The van der Waals surface area contributed by atoms with Gasteiger partial charge in [-0.2, -0.15) is 4.98 Å². The maximum Gasteiger partial charge on any atom is 0.258 e. The largest absolute Gasteiger partial charge is 0.494 e. The molecule has 1 aromatic heterocycles. The highest BCUT2D eigenvalue weighted by Gasteiger charge is 2.25. The average Bonchev–Trinajstić information content (AvgIpc) is 2.94. The molecule has 2 aromatic carbocycles. The molecule has 1 fully saturated rings. The van der Waals surface area contributed by atoms with E-state index in [-0.39, 0.29) is 5.56 Å². The summed E-state index contributed by atoms with van der Waals surface area (Å²) < 4.78 is 19.4. The fourth-order valence-electron chi connectivity index (χ4n) is 4.23. The number of benzene rings is 2. The number of nitrogens with one attached hydrogen (secondary N) is 2. The molecular formula is C24H26FN7O2. The van der Waals surface area contributed by atoms with Crippen LogP contribution in [0.1, 0.15) is 10.4 Å². The summed E-state index contributed by atoms with van der Waals surface area (Å²) in [6.45, 7) is 3.96. The van der Waals surface area contributed by atoms with Crippen molar-refractivity contribution in [2.75, 3.05) is 67.8 Å². The highest BCUT2D eigenvalue weighted by atomic mass is 19.1. The van der Waals surface area contributed by atoms with E-state index in [2.05, 4.69) is 43.5 Å². The molecule has 0 radical (unpaired) electrons. The first-order chi connectivity index (χ1) is 16.4. The number of amides is 1. The van der Waals surface area contributed by atoms with Gasteiger partial charge in [-0.05, 0) is 37.4 Å². The second-order valence-electron chi connectivity index (χ2n) is 8.41. The zero-order valence-corrected chi connectivity index (χ0v) is 19.3. The van der Waals surface area contributed by atoms with Gasteiger partial charge in [0.25, 0.3) is 5.91 Å². The molecule has 0 spiro atoms. The summed E-state index contributed by atoms with van der Waals surface area (Å²) in [5.74, 6) is 0.622. The zero-order valence-electron chi connectivity index (χ0n) is 19.3. The minimum atomic E-state index is -0.478. The molecule has 1 saturated heterocycles. The van der Waals surface area contributed by atoms with Gasteiger partial charge in [-0.1, -0.05) is 0 Å². The number of halogens is 1. The highest BCUT2D eigenvalue weighted by molar-refractivity contribution is 6.11. The second-order valence-corrected chi connectivity index (χ2v) is 8.41. The van der Waals surface area contributed by atoms with Crippen LogP contribution in [0.3, 0.4) is 0 Å². The van der Waals surface area contributed by atoms with Gasteiger partial charge >= 0.3 is 0 Å². The van der Waals surface area contributed by atoms with Crippen LogP contribution in [0.15, 0.2) is 42.6 Å². The van der Waals surface area contributed by atoms with Crippen molar-refractivity contribution in [3.05, 3.63) is 54.0 Å². The molecule has 3 aromatic rings. The number of rotatable bonds is 4. The molecular weight excluding hydrogens is 437 g/mol. The number of hydrogen-bond acceptors (Lipinski definition) is 8. The van der Waals surface area contributed by atoms with Crippen molar-refractivity contribution in [2.24, 2.45) is 0 Å². The molecule has 0 aliphatic carbocycles. The number of fused-ring (bicyclic) bond motifs is 2. The molecule has 1 amide bonds. The Hall–Kier alpha value is -3.92. The first-order valence-corrected chi connectivity index (χ1v) is 11.0. The van der Waals surface area contributed by atoms with Gasteiger partial charge in [0.05, 0.1) is 30.2 Å². The van der Waals surface area contributed by atoms with Gasteiger partial charge in [0.15, 0.2) is 5.82 Å². The number of ether oxygens (including phenoxy) is 1. The van der Waals surface area contributed by atoms with Crippen molar-refractivity contribution in [1.29, 1.82) is 0 Å². The molecule has 2 N–H and O–H groups in total. The van der Waals surface area contributed by atoms with Crippen molar-refractivity contribution in [3.8, 4) is 5.75 Å². The molecule has 10 heteroatoms. The third-order valence-corrected chi connectivity index (χ3v) is 6.20. The molecule has 34 heavy (non-hydrogen) atoms. The van der Waals surface area contributed by atoms with E-state index in [4.69, 9.17) is 4.74 Å². The first-order valence-electron chi connectivity index (χ1n) is 11.0. The average molecular weight is 464 g/mol. The van der Waals surface area contributed by atoms with E-state index in [1.165, 1.54) is 18.3 Å². The summed E-state index contributed by atoms with van der Waals surface area (Å²) in [7, 11) is 5.54. The summed E-state index contributed by atoms with van der Waals surface area (Å²) >= 11 is 0. The summed E-state index contributed by atoms with van der Waals surface area (Å²) in [4.78, 5) is 28.0. The van der Waals surface area contributed by atoms with Crippen LogP contribution in [-0.2, 0) is 0 Å². The topological polar surface area (TPSA) is 85.9 Å². The molecule has 0 saturated carbocycles. The number of nitrogens with zero attached hydrogens (tertiary/aromatic N) is 5. The Kier molecular flexibility index (Phi) is 5.66. The van der Waals surface area contributed by atoms with Crippen molar-refractivity contribution < 1.29 is 13.9 Å². The lowest BCUT2D eigenvalue weighted by Crippen LogP contribution is -2.44. The van der Waals surface area contributed by atoms with Crippen LogP contribution < -0.4 is 25.2 Å². The van der Waals surface area contributed by atoms with E-state index in [9.17, 15) is 9.18 Å². The minimum Gasteiger partial charge on any atom is -0.494 e. The van der Waals surface area contributed by atoms with Crippen LogP contribution >= 0.6 is 0 Å². The normalized spacial score (nSPS) is 15.8. The molecule has 2 aliphatic rings. The lowest BCUT2D eigenvalue weighted by Gasteiger charge is -2.34. The Morgan fingerprint density at radius 2 is 1.88 bits per heavy atom. The Balaban J connectivity index is 1.43. The van der Waals surface area contributed by atoms with Crippen LogP contribution in [0, 0.1) is 5.82 Å². The van der Waals surface area contributed by atoms with Gasteiger partial charge in [0.1, 0.15) is 17.3 Å². The first kappa shape index (κ1) is 21.9. The van der Waals surface area contributed by atoms with E-state index in [1.807, 2.05) is 12.1 Å². The van der Waals surface area contributed by atoms with Crippen molar-refractivity contribution in [3.63, 3.8) is 0 Å². The summed E-state index contributed by atoms with van der Waals surface area (Å²) in [5.41, 5.74) is 3.05. The SMILES string of the molecule is COc1cc(N2CCN(C)CC2)ccc1Nc1ncc2c(n1)N(C)c1ccc(F)cc1C(=O)N2. The molecule has 9 nitrogen and oxygen atoms in total. The number of aromatic nitrogens is 2. The molecule has 0 bridgehead atoms. The van der Waals surface area contributed by atoms with E-state index < -0.39 is 11.7 Å². The monoisotopic (exact) mass is 463 g/mol. The van der Waals surface area contributed by atoms with E-state index in [0.29, 0.717) is 28.9 Å². The third-order valence-electron chi connectivity index (χ3n) is 6.20. The predicted molar refractivity (Wildman–Crippen MR) is 130 cm³/mol. The third kappa shape index (κ3) is 4.08. The molecule has 0 unspecified atom stereocenters. The highest BCUT2D eigenvalue weighted by Crippen LogP contribution is 2.37. The van der Waals surface area contributed by atoms with Gasteiger partial charge in [-0.3, -0.25) is 4.79 Å². The van der Waals surface area contributed by atoms with Crippen LogP contribution in [0.4, 0.5) is 38.9 Å². The van der Waals surface area contributed by atoms with Crippen LogP contribution in [0.25, 0.3) is 0 Å². The lowest BCUT2D eigenvalue weighted by atomic mass is 10.1. The van der Waals surface area contributed by atoms with Gasteiger partial charge in [-0.25, -0.2) is 9.37 Å². The van der Waals surface area contributed by atoms with Gasteiger partial charge < -0.3 is 30.1 Å². The van der Waals surface area contributed by atoms with Crippen LogP contribution in [0.5, 0.6) is 5.75 Å². The van der Waals surface area contributed by atoms with E-state index >= 15 is 0 Å². The maximum atomic E-state index is 13.7. The number of piperazine rings is 1. The fourth-order valence-corrected chi connectivity index (χ4v) is 4.23. The molecule has 176 valence electrons. The number of carbonyl (C=O) groups excluding carboxylic acids is 1. The number of carbonyl (C=O) groups is 1. The van der Waals surface area contributed by atoms with Crippen molar-refractivity contribution >= 4 is 40.4 Å². The van der Waals surface area contributed by atoms with Crippen molar-refractivity contribution in [1.82, 2.24) is 14.9 Å². The summed E-state index contributed by atoms with van der Waals surface area (Å²) in [6.07, 6.45) is 1.53. The quantitative estimate of drug-likeness (QED) is 0.609. The lowest BCUT2D eigenvalue weighted by molar-refractivity contribution is 0.102. The van der Waals surface area contributed by atoms with E-state index in [0.717, 1.165) is 37.6 Å². The zero-order chi connectivity index (χ0) is 23.8. The molecule has 0 atom stereocenters. The Morgan fingerprint density at radius 3 is 2.65 bits per heavy atom. The van der Waals surface area contributed by atoms with Crippen LogP contribution in [-0.4, -0.2) is 68.2 Å². The van der Waals surface area contributed by atoms with E-state index in [1.54, 1.807) is 25.1 Å². The number of methoxy groups -OCH3 is 1. The van der Waals surface area contributed by atoms with Gasteiger partial charge in [-0.15, -0.1) is 0 Å². The number of anilines is 6. The fraction of sp³-hybridized carbons (Fsp3) is 0.292. The Bertz CT molecular complexity index is 1240. The number of likely N-dealkylation sites (N-methyl/N-ethyl adjacent to an activating group) is 1. The Morgan fingerprint density at radius 1 is 1.09 bits per heavy atom. The minimum absolute atomic E-state index is 0.233. The maximum absolute atomic E-state index is 13.7. The van der Waals surface area contributed by atoms with Crippen molar-refractivity contribution in [2.45, 2.75) is 0 Å². The van der Waals surface area contributed by atoms with Crippen LogP contribution in [0.2, 0.25) is 0 Å². The second kappa shape index (κ2) is 8.79. The predicted octanol–water partition coefficient (Wildman–Crippen LogP) is 3.45. The molecule has 2 aliphatic heterocycles. The summed E-state index contributed by atoms with van der Waals surface area (Å²) in [5, 5.41) is 5.99. The van der Waals surface area contributed by atoms with Gasteiger partial charge in [0, 0.05) is 45.0 Å². The molecule has 5 rings (SSSR count).